The minimum absolute atomic E-state index is 0.00231. The van der Waals surface area contributed by atoms with Crippen LogP contribution in [0.2, 0.25) is 0 Å². The molecule has 0 aliphatic carbocycles. The van der Waals surface area contributed by atoms with Gasteiger partial charge in [-0.15, -0.1) is 0 Å². The summed E-state index contributed by atoms with van der Waals surface area (Å²) in [5.74, 6) is 0.184. The predicted octanol–water partition coefficient (Wildman–Crippen LogP) is 11.6. The van der Waals surface area contributed by atoms with E-state index >= 15 is 0 Å². The van der Waals surface area contributed by atoms with Gasteiger partial charge in [-0.25, -0.2) is 70.2 Å². The molecular formula is C64H128N8O16S4. The molecule has 544 valence electrons. The largest absolute Gasteiger partial charge is 0.726 e. The highest BCUT2D eigenvalue weighted by atomic mass is 32.3. The van der Waals surface area contributed by atoms with Crippen LogP contribution in [0.15, 0.2) is 74.9 Å². The maximum absolute atomic E-state index is 10.1. The molecule has 0 fully saturated rings. The molecule has 4 aromatic rings. The molecule has 4 aromatic heterocycles. The molecule has 0 saturated heterocycles. The normalized spacial score (nSPS) is 11.5. The van der Waals surface area contributed by atoms with Crippen molar-refractivity contribution in [1.82, 2.24) is 18.3 Å². The van der Waals surface area contributed by atoms with Crippen molar-refractivity contribution in [3.63, 3.8) is 0 Å². The Balaban J connectivity index is -0.000000485. The Morgan fingerprint density at radius 1 is 0.315 bits per heavy atom. The molecule has 0 radical (unpaired) electrons. The second kappa shape index (κ2) is 63.4. The smallest absolute Gasteiger partial charge is 0.243 e. The van der Waals surface area contributed by atoms with Gasteiger partial charge >= 0.3 is 0 Å². The lowest BCUT2D eigenvalue weighted by Gasteiger charge is -2.15. The van der Waals surface area contributed by atoms with Gasteiger partial charge in [-0.2, -0.15) is 0 Å². The van der Waals surface area contributed by atoms with Gasteiger partial charge in [-0.05, 0) is 57.3 Å². The zero-order valence-electron chi connectivity index (χ0n) is 59.1. The first-order valence-corrected chi connectivity index (χ1v) is 39.3. The average Bonchev–Trinajstić information content (AvgIpc) is 3.01. The number of imidazole rings is 4. The molecule has 0 aromatic carbocycles. The standard InChI is InChI=1S/C12H26O4S.4C8H15N2.2C8H18O4S.C4H10O4S/c1-2-3-4-5-6-7-8-9-10-11-12-16-17(13,14)15;4*1-3-4-5-10-7-6-9(2)8-10;1-3-5-6-8(4-2)7-12-13(9,10)11;1-2-3-4-5-6-7-8-12-13(9,10)11;1-2-3-4-8-9(5,6)7/h2-12H2,1H3,(H,13,14,15);4*6-8H,3-5H2,1-2H3;8H,3-7H2,1-2H3,(H,9,10,11);2-8H2,1H3,(H,9,10,11);2-4H2,1H3,(H,5,6,7)/q;4*+1;;;/p-4. The molecule has 28 heteroatoms. The first-order valence-electron chi connectivity index (χ1n) is 33.9. The third-order valence-corrected chi connectivity index (χ3v) is 15.3. The fourth-order valence-corrected chi connectivity index (χ4v) is 9.40. The molecule has 24 nitrogen and oxygen atoms in total. The lowest BCUT2D eigenvalue weighted by molar-refractivity contribution is -0.671. The van der Waals surface area contributed by atoms with Gasteiger partial charge in [0.05, 0.1) is 80.8 Å². The summed E-state index contributed by atoms with van der Waals surface area (Å²) in [6, 6.07) is 0. The number of hydrogen-bond acceptors (Lipinski definition) is 16. The highest BCUT2D eigenvalue weighted by Crippen LogP contribution is 2.14. The van der Waals surface area contributed by atoms with Gasteiger partial charge in [0.1, 0.15) is 49.6 Å². The van der Waals surface area contributed by atoms with Crippen LogP contribution in [0, 0.1) is 5.92 Å². The van der Waals surface area contributed by atoms with Gasteiger partial charge in [-0.3, -0.25) is 16.7 Å². The van der Waals surface area contributed by atoms with E-state index in [2.05, 4.69) is 177 Å². The molecule has 0 saturated carbocycles. The van der Waals surface area contributed by atoms with E-state index in [9.17, 15) is 51.9 Å². The summed E-state index contributed by atoms with van der Waals surface area (Å²) in [6.45, 7) is 23.8. The maximum atomic E-state index is 10.1. The van der Waals surface area contributed by atoms with Crippen LogP contribution in [0.4, 0.5) is 0 Å². The van der Waals surface area contributed by atoms with Crippen molar-refractivity contribution in [2.45, 2.75) is 281 Å². The zero-order chi connectivity index (χ0) is 70.4. The van der Waals surface area contributed by atoms with E-state index in [1.54, 1.807) is 0 Å². The van der Waals surface area contributed by atoms with Crippen LogP contribution >= 0.6 is 0 Å². The van der Waals surface area contributed by atoms with E-state index in [0.717, 1.165) is 84.0 Å². The van der Waals surface area contributed by atoms with E-state index in [1.807, 2.05) is 42.0 Å². The Kier molecular flexibility index (Phi) is 65.3. The van der Waals surface area contributed by atoms with E-state index in [1.165, 1.54) is 116 Å². The van der Waals surface area contributed by atoms with Gasteiger partial charge in [0, 0.05) is 0 Å². The molecule has 0 amide bonds. The quantitative estimate of drug-likeness (QED) is 0.0172. The van der Waals surface area contributed by atoms with Crippen molar-refractivity contribution in [3.05, 3.63) is 74.9 Å². The molecule has 1 unspecified atom stereocenters. The summed E-state index contributed by atoms with van der Waals surface area (Å²) in [7, 11) is -9.73. The summed E-state index contributed by atoms with van der Waals surface area (Å²) >= 11 is 0. The molecule has 0 aliphatic rings. The summed E-state index contributed by atoms with van der Waals surface area (Å²) < 4.78 is 153. The Morgan fingerprint density at radius 3 is 0.750 bits per heavy atom. The summed E-state index contributed by atoms with van der Waals surface area (Å²) in [5.41, 5.74) is 0. The lowest BCUT2D eigenvalue weighted by atomic mass is 10.0. The molecule has 92 heavy (non-hydrogen) atoms. The summed E-state index contributed by atoms with van der Waals surface area (Å²) in [6.07, 6.45) is 58.5. The van der Waals surface area contributed by atoms with Gasteiger partial charge in [0.2, 0.25) is 66.9 Å². The van der Waals surface area contributed by atoms with Crippen LogP contribution in [0.3, 0.4) is 0 Å². The van der Waals surface area contributed by atoms with Gasteiger partial charge in [0.15, 0.2) is 0 Å². The molecule has 0 spiro atoms. The van der Waals surface area contributed by atoms with Crippen LogP contribution in [0.25, 0.3) is 0 Å². The first-order chi connectivity index (χ1) is 43.5. The highest BCUT2D eigenvalue weighted by Gasteiger charge is 2.08. The van der Waals surface area contributed by atoms with Gasteiger partial charge in [-0.1, -0.05) is 204 Å². The fraction of sp³-hybridized carbons (Fsp3) is 0.812. The number of rotatable bonds is 43. The Labute approximate surface area is 560 Å². The third kappa shape index (κ3) is 77.0. The second-order valence-electron chi connectivity index (χ2n) is 22.8. The van der Waals surface area contributed by atoms with Crippen molar-refractivity contribution in [2.24, 2.45) is 34.1 Å². The van der Waals surface area contributed by atoms with Crippen molar-refractivity contribution in [2.75, 3.05) is 26.4 Å². The van der Waals surface area contributed by atoms with E-state index in [0.29, 0.717) is 19.3 Å². The van der Waals surface area contributed by atoms with Crippen LogP contribution in [-0.4, -0.2) is 96.6 Å². The average molecular weight is 1390 g/mol. The Bertz CT molecular complexity index is 2510. The van der Waals surface area contributed by atoms with Crippen molar-refractivity contribution >= 4 is 41.6 Å². The third-order valence-electron chi connectivity index (χ3n) is 13.5. The number of aromatic nitrogens is 8. The lowest BCUT2D eigenvalue weighted by Crippen LogP contribution is -2.23. The van der Waals surface area contributed by atoms with Crippen LogP contribution in [0.5, 0.6) is 0 Å². The maximum Gasteiger partial charge on any atom is 0.243 e. The van der Waals surface area contributed by atoms with Crippen LogP contribution < -0.4 is 18.3 Å². The topological polar surface area (TPSA) is 301 Å². The molecule has 4 heterocycles. The number of unbranched alkanes of at least 4 members (excludes halogenated alkanes) is 20. The number of hydrogen-bond donors (Lipinski definition) is 0. The minimum atomic E-state index is -4.50. The highest BCUT2D eigenvalue weighted by molar-refractivity contribution is 7.81. The summed E-state index contributed by atoms with van der Waals surface area (Å²) in [4.78, 5) is 0. The molecular weight excluding hydrogens is 1270 g/mol. The number of aryl methyl sites for hydroxylation is 8. The van der Waals surface area contributed by atoms with Crippen LogP contribution in [-0.2, 0) is 113 Å². The van der Waals surface area contributed by atoms with Gasteiger partial charge in [0.25, 0.3) is 0 Å². The summed E-state index contributed by atoms with van der Waals surface area (Å²) in [5, 5.41) is 0. The zero-order valence-corrected chi connectivity index (χ0v) is 62.4. The van der Waals surface area contributed by atoms with Crippen molar-refractivity contribution in [1.29, 1.82) is 0 Å². The van der Waals surface area contributed by atoms with Crippen molar-refractivity contribution in [3.8, 4) is 0 Å². The second-order valence-corrected chi connectivity index (χ2v) is 27.0. The SMILES string of the molecule is CCCCC(CC)COS(=O)(=O)[O-].CCCCCCCCCCCCOS(=O)(=O)[O-].CCCCCCCCOS(=O)(=O)[O-].CCCCOS(=O)(=O)[O-].CCCCn1cc[n+](C)c1.CCCCn1cc[n+](C)c1.CCCCn1cc[n+](C)c1.CCCCn1cc[n+](C)c1. The Hall–Kier alpha value is -3.68. The predicted molar refractivity (Wildman–Crippen MR) is 358 cm³/mol. The minimum Gasteiger partial charge on any atom is -0.726 e. The Morgan fingerprint density at radius 2 is 0.543 bits per heavy atom. The van der Waals surface area contributed by atoms with E-state index in [4.69, 9.17) is 0 Å². The van der Waals surface area contributed by atoms with Crippen molar-refractivity contribution < 1.29 is 86.9 Å². The van der Waals surface area contributed by atoms with Crippen LogP contribution in [0.1, 0.15) is 255 Å². The van der Waals surface area contributed by atoms with Gasteiger partial charge < -0.3 is 18.2 Å². The van der Waals surface area contributed by atoms with E-state index < -0.39 is 41.6 Å². The van der Waals surface area contributed by atoms with E-state index in [-0.39, 0.29) is 32.3 Å². The monoisotopic (exact) mass is 1390 g/mol. The molecule has 4 rings (SSSR count). The first kappa shape index (κ1) is 94.7. The molecule has 0 N–H and O–H groups in total. The molecule has 1 atom stereocenters. The number of nitrogens with zero attached hydrogens (tertiary/aromatic N) is 8. The fourth-order valence-electron chi connectivity index (χ4n) is 8.08. The molecule has 0 aliphatic heterocycles. The molecule has 0 bridgehead atoms.